The molecule has 6 nitrogen and oxygen atoms in total. The number of hydrogen-bond donors (Lipinski definition) is 1. The molecule has 0 bridgehead atoms. The molecular formula is C18H11ClN4O2. The molecule has 0 aliphatic carbocycles. The molecule has 0 atom stereocenters. The third-order valence-electron chi connectivity index (χ3n) is 3.86. The summed E-state index contributed by atoms with van der Waals surface area (Å²) in [6, 6.07) is 16.0. The molecule has 0 amide bonds. The number of H-pyrrole nitrogens is 1. The van der Waals surface area contributed by atoms with Crippen LogP contribution in [0.1, 0.15) is 11.3 Å². The minimum Gasteiger partial charge on any atom is -0.487 e. The maximum atomic E-state index is 12.6. The van der Waals surface area contributed by atoms with Crippen molar-refractivity contribution in [1.29, 1.82) is 5.26 Å². The van der Waals surface area contributed by atoms with Crippen LogP contribution in [0.3, 0.4) is 0 Å². The minimum absolute atomic E-state index is 0.101. The van der Waals surface area contributed by atoms with Crippen LogP contribution in [-0.2, 0) is 6.61 Å². The van der Waals surface area contributed by atoms with E-state index in [1.54, 1.807) is 48.5 Å². The Balaban J connectivity index is 1.80. The van der Waals surface area contributed by atoms with Gasteiger partial charge >= 0.3 is 0 Å². The van der Waals surface area contributed by atoms with Crippen LogP contribution in [0.4, 0.5) is 0 Å². The molecular weight excluding hydrogens is 340 g/mol. The molecule has 25 heavy (non-hydrogen) atoms. The molecule has 0 radical (unpaired) electrons. The molecule has 0 unspecified atom stereocenters. The third kappa shape index (κ3) is 2.61. The number of hydrogen-bond acceptors (Lipinski definition) is 4. The lowest BCUT2D eigenvalue weighted by Crippen LogP contribution is -2.15. The van der Waals surface area contributed by atoms with Gasteiger partial charge in [0.2, 0.25) is 0 Å². The second-order valence-electron chi connectivity index (χ2n) is 5.41. The van der Waals surface area contributed by atoms with Crippen molar-refractivity contribution in [2.24, 2.45) is 0 Å². The number of halogens is 1. The lowest BCUT2D eigenvalue weighted by molar-refractivity contribution is 0.300. The molecule has 0 aliphatic rings. The molecule has 122 valence electrons. The minimum atomic E-state index is -0.255. The van der Waals surface area contributed by atoms with Crippen LogP contribution in [0.5, 0.6) is 5.75 Å². The molecule has 0 spiro atoms. The van der Waals surface area contributed by atoms with Gasteiger partial charge in [0.1, 0.15) is 24.0 Å². The molecule has 2 heterocycles. The number of nitrogens with zero attached hydrogens (tertiary/aromatic N) is 3. The third-order valence-corrected chi connectivity index (χ3v) is 4.11. The first-order chi connectivity index (χ1) is 12.2. The Kier molecular flexibility index (Phi) is 3.64. The summed E-state index contributed by atoms with van der Waals surface area (Å²) in [5.41, 5.74) is 1.36. The monoisotopic (exact) mass is 350 g/mol. The summed E-state index contributed by atoms with van der Waals surface area (Å²) in [6.45, 7) is 0.101. The van der Waals surface area contributed by atoms with E-state index in [1.165, 1.54) is 4.52 Å². The van der Waals surface area contributed by atoms with E-state index in [0.29, 0.717) is 33.0 Å². The van der Waals surface area contributed by atoms with Gasteiger partial charge in [-0.15, -0.1) is 0 Å². The predicted molar refractivity (Wildman–Crippen MR) is 93.8 cm³/mol. The standard InChI is InChI=1S/C18H11ClN4O2/c19-11-5-7-12(8-6-11)25-10-16-14(9-20)17-21-15-4-2-1-3-13(15)18(24)23(17)22-16/h1-8,22H,10H2. The van der Waals surface area contributed by atoms with E-state index in [0.717, 1.165) is 0 Å². The normalized spacial score (nSPS) is 10.9. The van der Waals surface area contributed by atoms with Gasteiger partial charge in [0.15, 0.2) is 5.65 Å². The highest BCUT2D eigenvalue weighted by atomic mass is 35.5. The lowest BCUT2D eigenvalue weighted by Gasteiger charge is -2.04. The van der Waals surface area contributed by atoms with Crippen molar-refractivity contribution in [3.63, 3.8) is 0 Å². The Hall–Kier alpha value is -3.30. The Morgan fingerprint density at radius 1 is 1.20 bits per heavy atom. The Morgan fingerprint density at radius 2 is 1.96 bits per heavy atom. The van der Waals surface area contributed by atoms with Crippen molar-refractivity contribution >= 4 is 28.2 Å². The van der Waals surface area contributed by atoms with Crippen molar-refractivity contribution in [2.45, 2.75) is 6.61 Å². The fourth-order valence-electron chi connectivity index (χ4n) is 2.64. The lowest BCUT2D eigenvalue weighted by atomic mass is 10.2. The number of aromatic nitrogens is 3. The molecule has 4 aromatic rings. The predicted octanol–water partition coefficient (Wildman–Crippen LogP) is 3.28. The van der Waals surface area contributed by atoms with Crippen molar-refractivity contribution in [3.05, 3.63) is 75.2 Å². The number of benzene rings is 2. The van der Waals surface area contributed by atoms with Crippen LogP contribution in [0.15, 0.2) is 53.3 Å². The number of ether oxygens (including phenoxy) is 1. The molecule has 2 aromatic heterocycles. The summed E-state index contributed by atoms with van der Waals surface area (Å²) in [6.07, 6.45) is 0. The summed E-state index contributed by atoms with van der Waals surface area (Å²) < 4.78 is 6.95. The van der Waals surface area contributed by atoms with E-state index in [4.69, 9.17) is 16.3 Å². The largest absolute Gasteiger partial charge is 0.487 e. The molecule has 0 fully saturated rings. The highest BCUT2D eigenvalue weighted by molar-refractivity contribution is 6.30. The van der Waals surface area contributed by atoms with E-state index >= 15 is 0 Å². The molecule has 1 N–H and O–H groups in total. The molecule has 0 saturated carbocycles. The second kappa shape index (κ2) is 5.96. The van der Waals surface area contributed by atoms with Gasteiger partial charge in [0.25, 0.3) is 5.56 Å². The van der Waals surface area contributed by atoms with Gasteiger partial charge in [0.05, 0.1) is 16.6 Å². The van der Waals surface area contributed by atoms with Crippen LogP contribution < -0.4 is 10.3 Å². The first-order valence-corrected chi connectivity index (χ1v) is 7.86. The summed E-state index contributed by atoms with van der Waals surface area (Å²) in [4.78, 5) is 17.0. The van der Waals surface area contributed by atoms with Gasteiger partial charge in [-0.2, -0.15) is 9.78 Å². The zero-order valence-corrected chi connectivity index (χ0v) is 13.6. The summed E-state index contributed by atoms with van der Waals surface area (Å²) in [5.74, 6) is 0.609. The van der Waals surface area contributed by atoms with E-state index in [-0.39, 0.29) is 17.7 Å². The molecule has 2 aromatic carbocycles. The fraction of sp³-hybridized carbons (Fsp3) is 0.0556. The first kappa shape index (κ1) is 15.2. The van der Waals surface area contributed by atoms with Crippen LogP contribution in [0, 0.1) is 11.3 Å². The number of nitriles is 1. The van der Waals surface area contributed by atoms with Gasteiger partial charge in [-0.3, -0.25) is 9.89 Å². The Bertz CT molecular complexity index is 1190. The van der Waals surface area contributed by atoms with E-state index in [2.05, 4.69) is 16.2 Å². The highest BCUT2D eigenvalue weighted by Crippen LogP contribution is 2.19. The Labute approximate surface area is 146 Å². The van der Waals surface area contributed by atoms with Crippen molar-refractivity contribution in [1.82, 2.24) is 14.6 Å². The molecule has 0 aliphatic heterocycles. The zero-order chi connectivity index (χ0) is 17.4. The molecule has 0 saturated heterocycles. The number of fused-ring (bicyclic) bond motifs is 2. The van der Waals surface area contributed by atoms with Crippen LogP contribution in [-0.4, -0.2) is 14.6 Å². The number of para-hydroxylation sites is 1. The van der Waals surface area contributed by atoms with Gasteiger partial charge < -0.3 is 4.74 Å². The topological polar surface area (TPSA) is 83.2 Å². The summed E-state index contributed by atoms with van der Waals surface area (Å²) in [7, 11) is 0. The van der Waals surface area contributed by atoms with E-state index in [9.17, 15) is 10.1 Å². The summed E-state index contributed by atoms with van der Waals surface area (Å²) >= 11 is 5.85. The van der Waals surface area contributed by atoms with Crippen molar-refractivity contribution in [3.8, 4) is 11.8 Å². The SMILES string of the molecule is N#Cc1c(COc2ccc(Cl)cc2)[nH]n2c(=O)c3ccccc3nc12. The van der Waals surface area contributed by atoms with E-state index < -0.39 is 0 Å². The Morgan fingerprint density at radius 3 is 2.72 bits per heavy atom. The number of aromatic amines is 1. The maximum Gasteiger partial charge on any atom is 0.280 e. The highest BCUT2D eigenvalue weighted by Gasteiger charge is 2.16. The first-order valence-electron chi connectivity index (χ1n) is 7.48. The average Bonchev–Trinajstić information content (AvgIpc) is 2.99. The van der Waals surface area contributed by atoms with Gasteiger partial charge in [-0.25, -0.2) is 4.98 Å². The zero-order valence-electron chi connectivity index (χ0n) is 12.9. The van der Waals surface area contributed by atoms with Gasteiger partial charge in [-0.1, -0.05) is 23.7 Å². The number of nitrogens with one attached hydrogen (secondary N) is 1. The quantitative estimate of drug-likeness (QED) is 0.614. The maximum absolute atomic E-state index is 12.6. The van der Waals surface area contributed by atoms with Crippen LogP contribution >= 0.6 is 11.6 Å². The van der Waals surface area contributed by atoms with Gasteiger partial charge in [-0.05, 0) is 36.4 Å². The smallest absolute Gasteiger partial charge is 0.280 e. The van der Waals surface area contributed by atoms with Crippen molar-refractivity contribution < 1.29 is 4.74 Å². The average molecular weight is 351 g/mol. The van der Waals surface area contributed by atoms with E-state index in [1.807, 2.05) is 0 Å². The van der Waals surface area contributed by atoms with Crippen LogP contribution in [0.25, 0.3) is 16.6 Å². The van der Waals surface area contributed by atoms with Crippen LogP contribution in [0.2, 0.25) is 5.02 Å². The fourth-order valence-corrected chi connectivity index (χ4v) is 2.76. The summed E-state index contributed by atoms with van der Waals surface area (Å²) in [5, 5.41) is 13.5. The second-order valence-corrected chi connectivity index (χ2v) is 5.85. The number of rotatable bonds is 3. The molecule has 4 rings (SSSR count). The molecule has 7 heteroatoms. The van der Waals surface area contributed by atoms with Crippen molar-refractivity contribution in [2.75, 3.05) is 0 Å². The van der Waals surface area contributed by atoms with Gasteiger partial charge in [0, 0.05) is 5.02 Å².